The van der Waals surface area contributed by atoms with Crippen LogP contribution >= 0.6 is 35.5 Å². The quantitative estimate of drug-likeness (QED) is 0.234. The molecule has 0 unspecified atom stereocenters. The second-order valence-corrected chi connectivity index (χ2v) is 5.30. The number of hydrogen-bond donors (Lipinski definition) is 2. The Labute approximate surface area is 101 Å². The Kier molecular flexibility index (Phi) is 10.2. The van der Waals surface area contributed by atoms with E-state index < -0.39 is 5.97 Å². The van der Waals surface area contributed by atoms with Crippen LogP contribution in [-0.4, -0.2) is 46.2 Å². The van der Waals surface area contributed by atoms with Crippen molar-refractivity contribution in [3.63, 3.8) is 0 Å². The molecule has 0 heterocycles. The summed E-state index contributed by atoms with van der Waals surface area (Å²) in [4.78, 5) is 24.5. The second-order valence-electron chi connectivity index (χ2n) is 2.08. The van der Waals surface area contributed by atoms with Crippen molar-refractivity contribution in [1.29, 1.82) is 0 Å². The van der Waals surface area contributed by atoms with Crippen LogP contribution in [0, 0.1) is 0 Å². The molecule has 0 spiro atoms. The molecule has 0 saturated carbocycles. The highest BCUT2D eigenvalue weighted by Gasteiger charge is 2.04. The minimum Gasteiger partial charge on any atom is -0.481 e. The summed E-state index contributed by atoms with van der Waals surface area (Å²) in [6.07, 6.45) is 0.815. The van der Waals surface area contributed by atoms with Gasteiger partial charge >= 0.3 is 5.97 Å². The minimum atomic E-state index is -0.870. The number of carboxylic acid groups (broad SMARTS) is 1. The van der Waals surface area contributed by atoms with Crippen LogP contribution in [0.25, 0.3) is 0 Å². The molecule has 0 amide bonds. The number of nitrogens with one attached hydrogen (secondary N) is 1. The molecule has 0 rings (SSSR count). The fourth-order valence-corrected chi connectivity index (χ4v) is 2.47. The zero-order chi connectivity index (χ0) is 11.5. The van der Waals surface area contributed by atoms with Gasteiger partial charge in [0.25, 0.3) is 0 Å². The SMILES string of the molecule is CNS/C(=N\CSCC=O)SCC(=O)O. The van der Waals surface area contributed by atoms with Crippen molar-refractivity contribution in [2.24, 2.45) is 4.99 Å². The maximum Gasteiger partial charge on any atom is 0.313 e. The summed E-state index contributed by atoms with van der Waals surface area (Å²) < 4.78 is 3.49. The molecule has 0 aliphatic rings. The van der Waals surface area contributed by atoms with Crippen LogP contribution in [0.5, 0.6) is 0 Å². The van der Waals surface area contributed by atoms with Gasteiger partial charge in [0.05, 0.1) is 17.4 Å². The number of rotatable bonds is 7. The molecule has 0 saturated heterocycles. The molecule has 8 heteroatoms. The van der Waals surface area contributed by atoms with Gasteiger partial charge in [-0.1, -0.05) is 11.8 Å². The maximum atomic E-state index is 10.3. The first-order chi connectivity index (χ1) is 7.20. The molecule has 0 aromatic carbocycles. The Morgan fingerprint density at radius 1 is 1.60 bits per heavy atom. The van der Waals surface area contributed by atoms with E-state index in [1.54, 1.807) is 7.05 Å². The van der Waals surface area contributed by atoms with Crippen molar-refractivity contribution in [2.45, 2.75) is 0 Å². The zero-order valence-electron chi connectivity index (χ0n) is 8.13. The first kappa shape index (κ1) is 14.8. The predicted molar refractivity (Wildman–Crippen MR) is 67.6 cm³/mol. The van der Waals surface area contributed by atoms with Gasteiger partial charge in [-0.05, 0) is 19.0 Å². The lowest BCUT2D eigenvalue weighted by molar-refractivity contribution is -0.133. The normalized spacial score (nSPS) is 11.4. The van der Waals surface area contributed by atoms with Crippen molar-refractivity contribution in [3.05, 3.63) is 0 Å². The fourth-order valence-electron chi connectivity index (χ4n) is 0.517. The Hall–Kier alpha value is -0.180. The summed E-state index contributed by atoms with van der Waals surface area (Å²) in [7, 11) is 1.74. The molecular weight excluding hydrogens is 256 g/mol. The Bertz CT molecular complexity index is 236. The number of carboxylic acids is 1. The third kappa shape index (κ3) is 10.1. The summed E-state index contributed by atoms with van der Waals surface area (Å²) in [6.45, 7) is 0. The van der Waals surface area contributed by atoms with E-state index in [1.807, 2.05) is 0 Å². The highest BCUT2D eigenvalue weighted by atomic mass is 32.2. The molecule has 0 atom stereocenters. The van der Waals surface area contributed by atoms with Crippen LogP contribution in [0.1, 0.15) is 0 Å². The average molecular weight is 268 g/mol. The van der Waals surface area contributed by atoms with Gasteiger partial charge in [-0.15, -0.1) is 11.8 Å². The molecule has 0 aromatic heterocycles. The molecular formula is C7H12N2O3S3. The van der Waals surface area contributed by atoms with Gasteiger partial charge < -0.3 is 9.90 Å². The maximum absolute atomic E-state index is 10.3. The summed E-state index contributed by atoms with van der Waals surface area (Å²) >= 11 is 3.82. The van der Waals surface area contributed by atoms with Crippen molar-refractivity contribution < 1.29 is 14.7 Å². The van der Waals surface area contributed by atoms with E-state index in [9.17, 15) is 9.59 Å². The lowest BCUT2D eigenvalue weighted by Crippen LogP contribution is -2.04. The monoisotopic (exact) mass is 268 g/mol. The standard InChI is InChI=1S/C7H12N2O3S3/c1-8-15-7(14-4-6(11)12)9-5-13-3-2-10/h2,8H,3-5H2,1H3,(H,11,12)/b9-7-. The number of nitrogens with zero attached hydrogens (tertiary/aromatic N) is 1. The summed E-state index contributed by atoms with van der Waals surface area (Å²) in [5.74, 6) is -0.00352. The number of aliphatic carboxylic acids is 1. The third-order valence-electron chi connectivity index (χ3n) is 0.979. The van der Waals surface area contributed by atoms with Gasteiger partial charge in [0.1, 0.15) is 10.7 Å². The summed E-state index contributed by atoms with van der Waals surface area (Å²) in [5.41, 5.74) is 0. The number of aldehydes is 1. The second kappa shape index (κ2) is 10.3. The smallest absolute Gasteiger partial charge is 0.313 e. The zero-order valence-corrected chi connectivity index (χ0v) is 10.6. The van der Waals surface area contributed by atoms with Gasteiger partial charge in [-0.2, -0.15) is 0 Å². The van der Waals surface area contributed by atoms with Gasteiger partial charge in [0.2, 0.25) is 0 Å². The predicted octanol–water partition coefficient (Wildman–Crippen LogP) is 0.917. The lowest BCUT2D eigenvalue weighted by atomic mass is 10.8. The Morgan fingerprint density at radius 3 is 2.87 bits per heavy atom. The fraction of sp³-hybridized carbons (Fsp3) is 0.571. The average Bonchev–Trinajstić information content (AvgIpc) is 2.20. The number of carbonyl (C=O) groups excluding carboxylic acids is 1. The largest absolute Gasteiger partial charge is 0.481 e. The molecule has 5 nitrogen and oxygen atoms in total. The number of hydrogen-bond acceptors (Lipinski definition) is 7. The van der Waals surface area contributed by atoms with E-state index in [0.717, 1.165) is 18.0 Å². The highest BCUT2D eigenvalue weighted by molar-refractivity contribution is 8.38. The van der Waals surface area contributed by atoms with E-state index in [4.69, 9.17) is 5.11 Å². The van der Waals surface area contributed by atoms with Crippen molar-refractivity contribution in [3.8, 4) is 0 Å². The molecule has 0 aliphatic heterocycles. The van der Waals surface area contributed by atoms with E-state index in [1.165, 1.54) is 23.7 Å². The molecule has 0 radical (unpaired) electrons. The minimum absolute atomic E-state index is 0.00807. The van der Waals surface area contributed by atoms with Crippen LogP contribution in [0.4, 0.5) is 0 Å². The van der Waals surface area contributed by atoms with Crippen LogP contribution < -0.4 is 4.72 Å². The van der Waals surface area contributed by atoms with Gasteiger partial charge in [-0.25, -0.2) is 0 Å². The van der Waals surface area contributed by atoms with Crippen molar-refractivity contribution >= 4 is 52.1 Å². The number of carbonyl (C=O) groups is 2. The van der Waals surface area contributed by atoms with E-state index >= 15 is 0 Å². The topological polar surface area (TPSA) is 78.8 Å². The molecule has 0 fully saturated rings. The highest BCUT2D eigenvalue weighted by Crippen LogP contribution is 2.15. The number of thioether (sulfide) groups is 2. The molecule has 0 aromatic rings. The third-order valence-corrected chi connectivity index (χ3v) is 3.54. The molecule has 0 aliphatic carbocycles. The van der Waals surface area contributed by atoms with E-state index in [2.05, 4.69) is 9.71 Å². The van der Waals surface area contributed by atoms with Gasteiger partial charge in [-0.3, -0.25) is 14.5 Å². The molecule has 0 bridgehead atoms. The van der Waals surface area contributed by atoms with Crippen LogP contribution in [0.15, 0.2) is 4.99 Å². The molecule has 2 N–H and O–H groups in total. The van der Waals surface area contributed by atoms with Crippen LogP contribution in [-0.2, 0) is 9.59 Å². The first-order valence-corrected chi connectivity index (χ1v) is 6.90. The van der Waals surface area contributed by atoms with E-state index in [0.29, 0.717) is 16.0 Å². The van der Waals surface area contributed by atoms with Crippen molar-refractivity contribution in [2.75, 3.05) is 24.4 Å². The van der Waals surface area contributed by atoms with Crippen LogP contribution in [0.3, 0.4) is 0 Å². The molecule has 15 heavy (non-hydrogen) atoms. The summed E-state index contributed by atoms with van der Waals surface area (Å²) in [6, 6.07) is 0. The Morgan fingerprint density at radius 2 is 2.33 bits per heavy atom. The first-order valence-electron chi connectivity index (χ1n) is 3.94. The Balaban J connectivity index is 3.88. The van der Waals surface area contributed by atoms with Gasteiger partial charge in [0.15, 0.2) is 0 Å². The lowest BCUT2D eigenvalue weighted by Gasteiger charge is -2.02. The van der Waals surface area contributed by atoms with Crippen molar-refractivity contribution in [1.82, 2.24) is 4.72 Å². The molecule has 86 valence electrons. The van der Waals surface area contributed by atoms with Crippen LogP contribution in [0.2, 0.25) is 0 Å². The van der Waals surface area contributed by atoms with Gasteiger partial charge in [0, 0.05) is 0 Å². The number of aliphatic imine (C=N–C) groups is 1. The summed E-state index contributed by atoms with van der Waals surface area (Å²) in [5, 5.41) is 8.48. The van der Waals surface area contributed by atoms with E-state index in [-0.39, 0.29) is 5.75 Å².